The first-order valence-electron chi connectivity index (χ1n) is 10.6. The highest BCUT2D eigenvalue weighted by atomic mass is 35.5. The zero-order valence-electron chi connectivity index (χ0n) is 17.5. The zero-order chi connectivity index (χ0) is 22.1. The van der Waals surface area contributed by atoms with Crippen molar-refractivity contribution in [2.75, 3.05) is 13.6 Å². The second-order valence-electron chi connectivity index (χ2n) is 8.42. The van der Waals surface area contributed by atoms with Crippen LogP contribution >= 0.6 is 11.6 Å². The topological polar surface area (TPSA) is 75.7 Å². The Morgan fingerprint density at radius 1 is 1.13 bits per heavy atom. The van der Waals surface area contributed by atoms with Crippen molar-refractivity contribution < 1.29 is 17.9 Å². The van der Waals surface area contributed by atoms with Crippen LogP contribution in [0.4, 0.5) is 0 Å². The molecule has 1 aliphatic heterocycles. The van der Waals surface area contributed by atoms with Crippen LogP contribution in [-0.2, 0) is 14.8 Å². The largest absolute Gasteiger partial charge is 0.487 e. The van der Waals surface area contributed by atoms with Crippen molar-refractivity contribution in [3.63, 3.8) is 0 Å². The molecule has 1 heterocycles. The number of nitrogens with one attached hydrogen (secondary N) is 1. The third-order valence-corrected chi connectivity index (χ3v) is 8.25. The van der Waals surface area contributed by atoms with E-state index in [1.165, 1.54) is 37.7 Å². The van der Waals surface area contributed by atoms with Gasteiger partial charge in [-0.1, -0.05) is 36.2 Å². The van der Waals surface area contributed by atoms with Gasteiger partial charge in [0.05, 0.1) is 17.5 Å². The Morgan fingerprint density at radius 2 is 1.81 bits per heavy atom. The summed E-state index contributed by atoms with van der Waals surface area (Å²) in [6, 6.07) is 13.5. The van der Waals surface area contributed by atoms with E-state index in [0.29, 0.717) is 11.4 Å². The fourth-order valence-electron chi connectivity index (χ4n) is 4.56. The van der Waals surface area contributed by atoms with Crippen LogP contribution in [0.1, 0.15) is 50.1 Å². The normalized spacial score (nSPS) is 20.2. The quantitative estimate of drug-likeness (QED) is 0.718. The van der Waals surface area contributed by atoms with Gasteiger partial charge in [-0.25, -0.2) is 8.42 Å². The second kappa shape index (κ2) is 8.81. The van der Waals surface area contributed by atoms with Gasteiger partial charge in [0.2, 0.25) is 15.9 Å². The van der Waals surface area contributed by atoms with Crippen LogP contribution in [0, 0.1) is 0 Å². The minimum atomic E-state index is -3.79. The number of para-hydroxylation sites is 1. The number of rotatable bonds is 5. The molecule has 0 radical (unpaired) electrons. The van der Waals surface area contributed by atoms with Crippen LogP contribution in [0.3, 0.4) is 0 Å². The predicted octanol–water partition coefficient (Wildman–Crippen LogP) is 4.30. The maximum Gasteiger partial charge on any atom is 0.243 e. The third kappa shape index (κ3) is 4.73. The highest BCUT2D eigenvalue weighted by Crippen LogP contribution is 2.46. The fourth-order valence-corrected chi connectivity index (χ4v) is 5.82. The molecule has 1 spiro atoms. The number of benzene rings is 2. The minimum Gasteiger partial charge on any atom is -0.487 e. The molecule has 1 aliphatic carbocycles. The fraction of sp³-hybridized carbons (Fsp3) is 0.435. The van der Waals surface area contributed by atoms with E-state index in [2.05, 4.69) is 5.32 Å². The molecule has 1 saturated carbocycles. The Hall–Kier alpha value is -2.09. The molecule has 8 heteroatoms. The maximum absolute atomic E-state index is 12.9. The Morgan fingerprint density at radius 3 is 2.52 bits per heavy atom. The molecule has 1 amide bonds. The van der Waals surface area contributed by atoms with Gasteiger partial charge in [0.25, 0.3) is 0 Å². The van der Waals surface area contributed by atoms with E-state index >= 15 is 0 Å². The lowest BCUT2D eigenvalue weighted by molar-refractivity contribution is -0.122. The molecule has 31 heavy (non-hydrogen) atoms. The molecule has 2 aliphatic rings. The molecule has 0 bridgehead atoms. The van der Waals surface area contributed by atoms with Crippen molar-refractivity contribution >= 4 is 27.5 Å². The first-order chi connectivity index (χ1) is 14.8. The Labute approximate surface area is 188 Å². The van der Waals surface area contributed by atoms with E-state index in [1.54, 1.807) is 0 Å². The van der Waals surface area contributed by atoms with Crippen molar-refractivity contribution in [1.29, 1.82) is 0 Å². The SMILES string of the molecule is CN(CC(=O)NC1CC2(CCCCC2)Oc2ccccc21)S(=O)(=O)c1ccc(Cl)cc1. The molecule has 166 valence electrons. The van der Waals surface area contributed by atoms with Crippen molar-refractivity contribution in [3.05, 3.63) is 59.1 Å². The molecule has 1 atom stereocenters. The molecule has 0 saturated heterocycles. The lowest BCUT2D eigenvalue weighted by atomic mass is 9.77. The Bertz CT molecular complexity index is 1050. The minimum absolute atomic E-state index is 0.102. The predicted molar refractivity (Wildman–Crippen MR) is 120 cm³/mol. The van der Waals surface area contributed by atoms with Gasteiger partial charge in [-0.15, -0.1) is 0 Å². The molecule has 1 N–H and O–H groups in total. The van der Waals surface area contributed by atoms with E-state index in [1.807, 2.05) is 24.3 Å². The molecule has 6 nitrogen and oxygen atoms in total. The lowest BCUT2D eigenvalue weighted by Crippen LogP contribution is -2.48. The molecule has 4 rings (SSSR count). The molecular weight excluding hydrogens is 436 g/mol. The molecule has 0 aromatic heterocycles. The number of sulfonamides is 1. The highest BCUT2D eigenvalue weighted by Gasteiger charge is 2.42. The summed E-state index contributed by atoms with van der Waals surface area (Å²) >= 11 is 5.85. The van der Waals surface area contributed by atoms with E-state index in [4.69, 9.17) is 16.3 Å². The summed E-state index contributed by atoms with van der Waals surface area (Å²) < 4.78 is 33.1. The van der Waals surface area contributed by atoms with Crippen LogP contribution in [-0.4, -0.2) is 37.8 Å². The van der Waals surface area contributed by atoms with E-state index in [0.717, 1.165) is 41.3 Å². The van der Waals surface area contributed by atoms with Gasteiger partial charge in [0, 0.05) is 24.1 Å². The number of fused-ring (bicyclic) bond motifs is 1. The number of nitrogens with zero attached hydrogens (tertiary/aromatic N) is 1. The zero-order valence-corrected chi connectivity index (χ0v) is 19.1. The summed E-state index contributed by atoms with van der Waals surface area (Å²) in [4.78, 5) is 13.0. The molecule has 2 aromatic carbocycles. The summed E-state index contributed by atoms with van der Waals surface area (Å²) in [6.45, 7) is -0.266. The summed E-state index contributed by atoms with van der Waals surface area (Å²) in [5.74, 6) is 0.468. The van der Waals surface area contributed by atoms with Gasteiger partial charge in [-0.2, -0.15) is 4.31 Å². The number of hydrogen-bond donors (Lipinski definition) is 1. The summed E-state index contributed by atoms with van der Waals surface area (Å²) in [5.41, 5.74) is 0.682. The van der Waals surface area contributed by atoms with Crippen LogP contribution in [0.2, 0.25) is 5.02 Å². The standard InChI is InChI=1S/C23H27ClN2O4S/c1-26(31(28,29)18-11-9-17(24)10-12-18)16-22(27)25-20-15-23(13-5-2-6-14-23)30-21-8-4-3-7-19(20)21/h3-4,7-12,20H,2,5-6,13-16H2,1H3,(H,25,27). The van der Waals surface area contributed by atoms with Crippen LogP contribution in [0.15, 0.2) is 53.4 Å². The van der Waals surface area contributed by atoms with Gasteiger partial charge < -0.3 is 10.1 Å². The number of amides is 1. The van der Waals surface area contributed by atoms with Crippen molar-refractivity contribution in [2.45, 2.75) is 55.1 Å². The summed E-state index contributed by atoms with van der Waals surface area (Å²) in [7, 11) is -2.38. The van der Waals surface area contributed by atoms with Crippen LogP contribution in [0.5, 0.6) is 5.75 Å². The van der Waals surface area contributed by atoms with Crippen molar-refractivity contribution in [2.24, 2.45) is 0 Å². The van der Waals surface area contributed by atoms with Crippen LogP contribution in [0.25, 0.3) is 0 Å². The first kappa shape index (κ1) is 22.1. The van der Waals surface area contributed by atoms with E-state index in [9.17, 15) is 13.2 Å². The molecule has 2 aromatic rings. The average molecular weight is 463 g/mol. The number of likely N-dealkylation sites (N-methyl/N-ethyl adjacent to an activating group) is 1. The summed E-state index contributed by atoms with van der Waals surface area (Å²) in [5, 5.41) is 3.52. The number of carbonyl (C=O) groups is 1. The average Bonchev–Trinajstić information content (AvgIpc) is 2.74. The van der Waals surface area contributed by atoms with E-state index in [-0.39, 0.29) is 29.0 Å². The number of carbonyl (C=O) groups excluding carboxylic acids is 1. The molecule has 1 fully saturated rings. The number of ether oxygens (including phenoxy) is 1. The lowest BCUT2D eigenvalue weighted by Gasteiger charge is -2.44. The van der Waals surface area contributed by atoms with Gasteiger partial charge >= 0.3 is 0 Å². The van der Waals surface area contributed by atoms with Crippen LogP contribution < -0.4 is 10.1 Å². The summed E-state index contributed by atoms with van der Waals surface area (Å²) in [6.07, 6.45) is 6.08. The Kier molecular flexibility index (Phi) is 6.28. The van der Waals surface area contributed by atoms with Crippen molar-refractivity contribution in [3.8, 4) is 5.75 Å². The monoisotopic (exact) mass is 462 g/mol. The van der Waals surface area contributed by atoms with Gasteiger partial charge in [-0.3, -0.25) is 4.79 Å². The smallest absolute Gasteiger partial charge is 0.243 e. The third-order valence-electron chi connectivity index (χ3n) is 6.19. The second-order valence-corrected chi connectivity index (χ2v) is 10.9. The van der Waals surface area contributed by atoms with Crippen molar-refractivity contribution in [1.82, 2.24) is 9.62 Å². The van der Waals surface area contributed by atoms with E-state index < -0.39 is 10.0 Å². The molecule has 1 unspecified atom stereocenters. The molecular formula is C23H27ClN2O4S. The first-order valence-corrected chi connectivity index (χ1v) is 12.4. The van der Waals surface area contributed by atoms with Gasteiger partial charge in [0.1, 0.15) is 11.4 Å². The van der Waals surface area contributed by atoms with Gasteiger partial charge in [0.15, 0.2) is 0 Å². The number of hydrogen-bond acceptors (Lipinski definition) is 4. The maximum atomic E-state index is 12.9. The number of halogens is 1. The van der Waals surface area contributed by atoms with Gasteiger partial charge in [-0.05, 0) is 56.0 Å². The highest BCUT2D eigenvalue weighted by molar-refractivity contribution is 7.89. The Balaban J connectivity index is 1.49.